The number of aliphatic hydroxyl groups excluding tert-OH is 1. The molecule has 0 aliphatic carbocycles. The molecule has 0 unspecified atom stereocenters. The first kappa shape index (κ1) is 18.1. The van der Waals surface area contributed by atoms with Crippen LogP contribution >= 0.6 is 23.2 Å². The molecule has 140 valence electrons. The highest BCUT2D eigenvalue weighted by atomic mass is 35.5. The molecule has 4 rings (SSSR count). The SMILES string of the molecule is O=C(CO)N1CCc2[nH]c3c(Cl)c(Cl)cc(CN4CCCCC4)c3c2C1. The van der Waals surface area contributed by atoms with E-state index >= 15 is 0 Å². The van der Waals surface area contributed by atoms with Crippen molar-refractivity contribution in [2.45, 2.75) is 38.8 Å². The van der Waals surface area contributed by atoms with Crippen LogP contribution in [0.5, 0.6) is 0 Å². The third-order valence-corrected chi connectivity index (χ3v) is 6.34. The van der Waals surface area contributed by atoms with Gasteiger partial charge in [0.1, 0.15) is 6.61 Å². The number of carbonyl (C=O) groups is 1. The zero-order valence-corrected chi connectivity index (χ0v) is 16.2. The summed E-state index contributed by atoms with van der Waals surface area (Å²) in [7, 11) is 0. The normalized spacial score (nSPS) is 18.3. The van der Waals surface area contributed by atoms with E-state index in [4.69, 9.17) is 23.2 Å². The Labute approximate surface area is 162 Å². The second-order valence-corrected chi connectivity index (χ2v) is 8.01. The number of halogens is 2. The van der Waals surface area contributed by atoms with Crippen LogP contribution in [-0.4, -0.2) is 52.0 Å². The summed E-state index contributed by atoms with van der Waals surface area (Å²) < 4.78 is 0. The fourth-order valence-corrected chi connectivity index (χ4v) is 4.64. The fraction of sp³-hybridized carbons (Fsp3) is 0.526. The van der Waals surface area contributed by atoms with Crippen molar-refractivity contribution >= 4 is 40.0 Å². The first-order chi connectivity index (χ1) is 12.6. The first-order valence-corrected chi connectivity index (χ1v) is 9.95. The van der Waals surface area contributed by atoms with Gasteiger partial charge >= 0.3 is 0 Å². The lowest BCUT2D eigenvalue weighted by Gasteiger charge is -2.28. The summed E-state index contributed by atoms with van der Waals surface area (Å²) in [5, 5.41) is 11.4. The molecule has 2 aliphatic heterocycles. The number of aromatic amines is 1. The van der Waals surface area contributed by atoms with Gasteiger partial charge in [-0.2, -0.15) is 0 Å². The Balaban J connectivity index is 1.77. The number of aliphatic hydroxyl groups is 1. The number of piperidine rings is 1. The number of rotatable bonds is 3. The minimum atomic E-state index is -0.453. The Morgan fingerprint density at radius 3 is 2.69 bits per heavy atom. The molecule has 0 bridgehead atoms. The zero-order valence-electron chi connectivity index (χ0n) is 14.7. The average Bonchev–Trinajstić information content (AvgIpc) is 3.05. The molecule has 1 amide bonds. The summed E-state index contributed by atoms with van der Waals surface area (Å²) in [5.74, 6) is -0.234. The molecule has 1 aromatic carbocycles. The topological polar surface area (TPSA) is 59.6 Å². The summed E-state index contributed by atoms with van der Waals surface area (Å²) >= 11 is 12.9. The number of carbonyl (C=O) groups excluding carboxylic acids is 1. The third-order valence-electron chi connectivity index (χ3n) is 5.55. The van der Waals surface area contributed by atoms with Gasteiger partial charge in [0.2, 0.25) is 5.91 Å². The molecule has 3 heterocycles. The molecule has 0 saturated carbocycles. The summed E-state index contributed by atoms with van der Waals surface area (Å²) in [4.78, 5) is 19.6. The molecule has 2 N–H and O–H groups in total. The van der Waals surface area contributed by atoms with E-state index in [1.807, 2.05) is 6.07 Å². The maximum Gasteiger partial charge on any atom is 0.248 e. The Bertz CT molecular complexity index is 843. The lowest BCUT2D eigenvalue weighted by atomic mass is 9.99. The van der Waals surface area contributed by atoms with E-state index in [9.17, 15) is 9.90 Å². The predicted molar refractivity (Wildman–Crippen MR) is 104 cm³/mol. The van der Waals surface area contributed by atoms with Crippen LogP contribution in [-0.2, 0) is 24.3 Å². The van der Waals surface area contributed by atoms with E-state index in [2.05, 4.69) is 9.88 Å². The molecule has 1 aromatic heterocycles. The van der Waals surface area contributed by atoms with E-state index in [0.717, 1.165) is 53.8 Å². The van der Waals surface area contributed by atoms with E-state index in [1.54, 1.807) is 4.90 Å². The van der Waals surface area contributed by atoms with Crippen LogP contribution in [0, 0.1) is 0 Å². The maximum absolute atomic E-state index is 12.0. The smallest absolute Gasteiger partial charge is 0.248 e. The largest absolute Gasteiger partial charge is 0.387 e. The molecular weight excluding hydrogens is 373 g/mol. The van der Waals surface area contributed by atoms with Crippen molar-refractivity contribution in [3.63, 3.8) is 0 Å². The molecule has 7 heteroatoms. The Morgan fingerprint density at radius 1 is 1.19 bits per heavy atom. The number of hydrogen-bond acceptors (Lipinski definition) is 3. The van der Waals surface area contributed by atoms with Crippen LogP contribution in [0.1, 0.15) is 36.1 Å². The Kier molecular flexibility index (Phi) is 5.15. The molecule has 0 radical (unpaired) electrons. The maximum atomic E-state index is 12.0. The van der Waals surface area contributed by atoms with Crippen LogP contribution in [0.15, 0.2) is 6.07 Å². The Hall–Kier alpha value is -1.27. The van der Waals surface area contributed by atoms with Crippen molar-refractivity contribution in [3.05, 3.63) is 32.9 Å². The van der Waals surface area contributed by atoms with Crippen LogP contribution in [0.3, 0.4) is 0 Å². The summed E-state index contributed by atoms with van der Waals surface area (Å²) in [5.41, 5.74) is 4.26. The van der Waals surface area contributed by atoms with Crippen molar-refractivity contribution in [2.75, 3.05) is 26.2 Å². The van der Waals surface area contributed by atoms with Crippen LogP contribution < -0.4 is 0 Å². The molecule has 26 heavy (non-hydrogen) atoms. The van der Waals surface area contributed by atoms with Gasteiger partial charge < -0.3 is 15.0 Å². The monoisotopic (exact) mass is 395 g/mol. The van der Waals surface area contributed by atoms with Crippen LogP contribution in [0.25, 0.3) is 10.9 Å². The van der Waals surface area contributed by atoms with Crippen molar-refractivity contribution in [2.24, 2.45) is 0 Å². The standard InChI is InChI=1S/C19H23Cl2N3O2/c20-14-8-12(9-23-5-2-1-3-6-23)17-13-10-24(16(26)11-25)7-4-15(13)22-19(17)18(14)21/h8,22,25H,1-7,9-11H2. The van der Waals surface area contributed by atoms with Gasteiger partial charge in [-0.25, -0.2) is 0 Å². The summed E-state index contributed by atoms with van der Waals surface area (Å²) in [6.45, 7) is 3.69. The predicted octanol–water partition coefficient (Wildman–Crippen LogP) is 3.34. The Morgan fingerprint density at radius 2 is 1.96 bits per heavy atom. The summed E-state index contributed by atoms with van der Waals surface area (Å²) in [6.07, 6.45) is 4.49. The number of aromatic nitrogens is 1. The molecule has 2 aliphatic rings. The number of hydrogen-bond donors (Lipinski definition) is 2. The summed E-state index contributed by atoms with van der Waals surface area (Å²) in [6, 6.07) is 1.97. The second kappa shape index (κ2) is 7.39. The van der Waals surface area contributed by atoms with Gasteiger partial charge in [-0.1, -0.05) is 29.6 Å². The van der Waals surface area contributed by atoms with E-state index in [-0.39, 0.29) is 5.91 Å². The second-order valence-electron chi connectivity index (χ2n) is 7.22. The van der Waals surface area contributed by atoms with Crippen molar-refractivity contribution in [1.29, 1.82) is 0 Å². The highest BCUT2D eigenvalue weighted by Gasteiger charge is 2.27. The number of benzene rings is 1. The highest BCUT2D eigenvalue weighted by Crippen LogP contribution is 2.39. The van der Waals surface area contributed by atoms with Crippen LogP contribution in [0.4, 0.5) is 0 Å². The van der Waals surface area contributed by atoms with Gasteiger partial charge in [0, 0.05) is 42.7 Å². The van der Waals surface area contributed by atoms with E-state index in [1.165, 1.54) is 19.3 Å². The van der Waals surface area contributed by atoms with Crippen molar-refractivity contribution in [3.8, 4) is 0 Å². The van der Waals surface area contributed by atoms with E-state index in [0.29, 0.717) is 23.1 Å². The number of nitrogens with zero attached hydrogens (tertiary/aromatic N) is 2. The number of nitrogens with one attached hydrogen (secondary N) is 1. The lowest BCUT2D eigenvalue weighted by Crippen LogP contribution is -2.37. The van der Waals surface area contributed by atoms with Crippen molar-refractivity contribution in [1.82, 2.24) is 14.8 Å². The minimum absolute atomic E-state index is 0.234. The first-order valence-electron chi connectivity index (χ1n) is 9.19. The third kappa shape index (κ3) is 3.22. The average molecular weight is 396 g/mol. The quantitative estimate of drug-likeness (QED) is 0.837. The van der Waals surface area contributed by atoms with Crippen molar-refractivity contribution < 1.29 is 9.90 Å². The molecule has 0 atom stereocenters. The van der Waals surface area contributed by atoms with Gasteiger partial charge in [-0.3, -0.25) is 9.69 Å². The minimum Gasteiger partial charge on any atom is -0.387 e. The number of fused-ring (bicyclic) bond motifs is 3. The molecule has 1 fully saturated rings. The van der Waals surface area contributed by atoms with Crippen LogP contribution in [0.2, 0.25) is 10.0 Å². The molecule has 2 aromatic rings. The zero-order chi connectivity index (χ0) is 18.3. The molecular formula is C19H23Cl2N3O2. The number of likely N-dealkylation sites (tertiary alicyclic amines) is 1. The molecule has 0 spiro atoms. The fourth-order valence-electron chi connectivity index (χ4n) is 4.22. The van der Waals surface area contributed by atoms with Gasteiger partial charge in [0.15, 0.2) is 0 Å². The van der Waals surface area contributed by atoms with Gasteiger partial charge in [-0.05, 0) is 37.6 Å². The molecule has 1 saturated heterocycles. The number of H-pyrrole nitrogens is 1. The van der Waals surface area contributed by atoms with E-state index < -0.39 is 6.61 Å². The highest BCUT2D eigenvalue weighted by molar-refractivity contribution is 6.45. The van der Waals surface area contributed by atoms with Gasteiger partial charge in [0.05, 0.1) is 15.6 Å². The van der Waals surface area contributed by atoms with Gasteiger partial charge in [0.25, 0.3) is 0 Å². The molecule has 5 nitrogen and oxygen atoms in total. The lowest BCUT2D eigenvalue weighted by molar-refractivity contribution is -0.135. The van der Waals surface area contributed by atoms with Gasteiger partial charge in [-0.15, -0.1) is 0 Å². The number of amides is 1.